The Kier molecular flexibility index (Phi) is 18.1. The maximum atomic E-state index is 12.7. The van der Waals surface area contributed by atoms with Crippen LogP contribution < -0.4 is 0 Å². The molecule has 0 aliphatic carbocycles. The van der Waals surface area contributed by atoms with Crippen molar-refractivity contribution in [2.75, 3.05) is 18.1 Å². The van der Waals surface area contributed by atoms with Gasteiger partial charge in [0.25, 0.3) is 0 Å². The first-order chi connectivity index (χ1) is 20.4. The first-order valence-electron chi connectivity index (χ1n) is 14.9. The minimum Gasteiger partial charge on any atom is -0.498 e. The molecule has 5 atom stereocenters. The van der Waals surface area contributed by atoms with Gasteiger partial charge in [-0.05, 0) is 49.8 Å². The lowest BCUT2D eigenvalue weighted by Gasteiger charge is -2.28. The van der Waals surface area contributed by atoms with Crippen LogP contribution in [0.4, 0.5) is 0 Å². The molecule has 0 bridgehead atoms. The van der Waals surface area contributed by atoms with Crippen LogP contribution in [0.5, 0.6) is 0 Å². The zero-order valence-corrected chi connectivity index (χ0v) is 27.6. The highest BCUT2D eigenvalue weighted by atomic mass is 127. The van der Waals surface area contributed by atoms with E-state index in [1.807, 2.05) is 36.4 Å². The van der Waals surface area contributed by atoms with Crippen molar-refractivity contribution < 1.29 is 33.3 Å². The summed E-state index contributed by atoms with van der Waals surface area (Å²) in [6.45, 7) is 6.87. The minimum atomic E-state index is -0.429. The van der Waals surface area contributed by atoms with Gasteiger partial charge in [0.1, 0.15) is 12.2 Å². The summed E-state index contributed by atoms with van der Waals surface area (Å²) in [7, 11) is 1.71. The molecule has 0 amide bonds. The Morgan fingerprint density at radius 2 is 1.50 bits per heavy atom. The average molecular weight is 695 g/mol. The fraction of sp³-hybridized carbons (Fsp3) is 0.529. The van der Waals surface area contributed by atoms with Crippen LogP contribution in [0.3, 0.4) is 0 Å². The van der Waals surface area contributed by atoms with Gasteiger partial charge in [-0.2, -0.15) is 0 Å². The van der Waals surface area contributed by atoms with E-state index in [2.05, 4.69) is 48.6 Å². The first-order valence-corrected chi connectivity index (χ1v) is 16.4. The number of ether oxygens (including phenoxy) is 5. The largest absolute Gasteiger partial charge is 0.498 e. The van der Waals surface area contributed by atoms with Crippen LogP contribution in [0.15, 0.2) is 73.0 Å². The van der Waals surface area contributed by atoms with Gasteiger partial charge in [0.05, 0.1) is 43.3 Å². The van der Waals surface area contributed by atoms with Gasteiger partial charge in [0, 0.05) is 24.4 Å². The van der Waals surface area contributed by atoms with Gasteiger partial charge in [-0.15, -0.1) is 0 Å². The van der Waals surface area contributed by atoms with E-state index in [0.29, 0.717) is 31.6 Å². The molecule has 0 spiro atoms. The zero-order chi connectivity index (χ0) is 30.6. The molecule has 0 radical (unpaired) electrons. The van der Waals surface area contributed by atoms with Crippen LogP contribution in [0.2, 0.25) is 0 Å². The number of alkyl halides is 1. The number of rotatable bonds is 21. The molecule has 0 aliphatic rings. The summed E-state index contributed by atoms with van der Waals surface area (Å²) < 4.78 is 29.9. The number of carbonyl (C=O) groups excluding carboxylic acids is 2. The molecule has 0 heterocycles. The molecule has 2 aromatic carbocycles. The van der Waals surface area contributed by atoms with E-state index in [4.69, 9.17) is 23.7 Å². The third-order valence-electron chi connectivity index (χ3n) is 6.87. The van der Waals surface area contributed by atoms with Gasteiger partial charge in [0.15, 0.2) is 0 Å². The summed E-state index contributed by atoms with van der Waals surface area (Å²) in [4.78, 5) is 24.5. The minimum absolute atomic E-state index is 0.0106. The molecule has 0 saturated carbocycles. The second-order valence-corrected chi connectivity index (χ2v) is 11.4. The zero-order valence-electron chi connectivity index (χ0n) is 25.4. The molecule has 42 heavy (non-hydrogen) atoms. The summed E-state index contributed by atoms with van der Waals surface area (Å²) in [5, 5.41) is 0. The number of methoxy groups -OCH3 is 1. The fourth-order valence-electron chi connectivity index (χ4n) is 4.78. The summed E-state index contributed by atoms with van der Waals surface area (Å²) in [6.07, 6.45) is 6.78. The quantitative estimate of drug-likeness (QED) is 0.0436. The molecular formula is C34H47IO7. The maximum absolute atomic E-state index is 12.7. The summed E-state index contributed by atoms with van der Waals surface area (Å²) >= 11 is 2.34. The normalized spacial score (nSPS) is 15.0. The predicted molar refractivity (Wildman–Crippen MR) is 174 cm³/mol. The van der Waals surface area contributed by atoms with Crippen molar-refractivity contribution >= 4 is 34.5 Å². The Bertz CT molecular complexity index is 1030. The molecule has 2 aromatic rings. The van der Waals surface area contributed by atoms with Gasteiger partial charge in [-0.1, -0.05) is 91.4 Å². The molecular weight excluding hydrogens is 647 g/mol. The van der Waals surface area contributed by atoms with Gasteiger partial charge in [-0.25, -0.2) is 9.59 Å². The Morgan fingerprint density at radius 1 is 0.857 bits per heavy atom. The summed E-state index contributed by atoms with van der Waals surface area (Å²) in [5.41, 5.74) is 1.68. The molecule has 0 unspecified atom stereocenters. The van der Waals surface area contributed by atoms with Gasteiger partial charge >= 0.3 is 11.9 Å². The lowest BCUT2D eigenvalue weighted by atomic mass is 9.92. The molecule has 8 heteroatoms. The predicted octanol–water partition coefficient (Wildman–Crippen LogP) is 7.71. The van der Waals surface area contributed by atoms with Crippen molar-refractivity contribution in [2.45, 2.75) is 90.3 Å². The van der Waals surface area contributed by atoms with Gasteiger partial charge < -0.3 is 23.7 Å². The second-order valence-electron chi connectivity index (χ2n) is 10.5. The number of esters is 2. The molecule has 7 nitrogen and oxygen atoms in total. The second kappa shape index (κ2) is 21.3. The number of halogens is 1. The van der Waals surface area contributed by atoms with Crippen LogP contribution in [0, 0.1) is 5.92 Å². The monoisotopic (exact) mass is 694 g/mol. The molecule has 0 saturated heterocycles. The van der Waals surface area contributed by atoms with E-state index in [1.54, 1.807) is 26.2 Å². The van der Waals surface area contributed by atoms with Crippen LogP contribution in [0.1, 0.15) is 75.2 Å². The lowest BCUT2D eigenvalue weighted by Crippen LogP contribution is -2.29. The Labute approximate surface area is 265 Å². The van der Waals surface area contributed by atoms with Crippen molar-refractivity contribution in [2.24, 2.45) is 5.92 Å². The highest BCUT2D eigenvalue weighted by Crippen LogP contribution is 2.25. The lowest BCUT2D eigenvalue weighted by molar-refractivity contribution is -0.137. The van der Waals surface area contributed by atoms with Crippen molar-refractivity contribution in [3.63, 3.8) is 0 Å². The highest BCUT2D eigenvalue weighted by molar-refractivity contribution is 14.1. The van der Waals surface area contributed by atoms with Gasteiger partial charge in [-0.3, -0.25) is 0 Å². The van der Waals surface area contributed by atoms with Crippen LogP contribution in [-0.2, 0) is 35.1 Å². The Morgan fingerprint density at radius 3 is 2.12 bits per heavy atom. The average Bonchev–Trinajstić information content (AvgIpc) is 2.99. The first kappa shape index (κ1) is 35.8. The van der Waals surface area contributed by atoms with E-state index >= 15 is 0 Å². The van der Waals surface area contributed by atoms with Crippen molar-refractivity contribution in [3.05, 3.63) is 84.1 Å². The van der Waals surface area contributed by atoms with E-state index in [-0.39, 0.29) is 36.3 Å². The Hall–Kier alpha value is -2.43. The third kappa shape index (κ3) is 14.6. The molecule has 0 aromatic heterocycles. The third-order valence-corrected chi connectivity index (χ3v) is 7.85. The van der Waals surface area contributed by atoms with Crippen molar-refractivity contribution in [1.82, 2.24) is 0 Å². The topological polar surface area (TPSA) is 80.3 Å². The molecule has 2 rings (SSSR count). The van der Waals surface area contributed by atoms with Crippen LogP contribution in [-0.4, -0.2) is 54.5 Å². The standard InChI is InChI=1S/C34H47IO7/c1-5-13-29(42-34(37)28-16-11-8-12-17-28)22-30(38-4)20-26(3)21-31(40-19-18-33(36)39-6-2)23-32(24-35)41-25-27-14-9-7-10-15-27/h7-12,14-19,26,29-32H,5-6,13,20-25H2,1-4H3/b19-18+/t26-,29-,30-,31+,32+/m0/s1. The van der Waals surface area contributed by atoms with Crippen molar-refractivity contribution in [1.29, 1.82) is 0 Å². The summed E-state index contributed by atoms with van der Waals surface area (Å²) in [6, 6.07) is 19.2. The Balaban J connectivity index is 2.01. The van der Waals surface area contributed by atoms with E-state index in [9.17, 15) is 9.59 Å². The highest BCUT2D eigenvalue weighted by Gasteiger charge is 2.25. The molecule has 0 fully saturated rings. The maximum Gasteiger partial charge on any atom is 0.338 e. The van der Waals surface area contributed by atoms with Crippen LogP contribution in [0.25, 0.3) is 0 Å². The number of carbonyl (C=O) groups is 2. The van der Waals surface area contributed by atoms with E-state index in [1.165, 1.54) is 12.3 Å². The molecule has 0 N–H and O–H groups in total. The number of hydrogen-bond donors (Lipinski definition) is 0. The fourth-order valence-corrected chi connectivity index (χ4v) is 5.39. The summed E-state index contributed by atoms with van der Waals surface area (Å²) in [5.74, 6) is -0.493. The van der Waals surface area contributed by atoms with Crippen molar-refractivity contribution in [3.8, 4) is 0 Å². The molecule has 0 aliphatic heterocycles. The SMILES string of the molecule is CCC[C@@H](C[C@H](C[C@H](C)C[C@H](C[C@H](CI)OCc1ccccc1)O/C=C/C(=O)OCC)OC)OC(=O)c1ccccc1. The van der Waals surface area contributed by atoms with E-state index in [0.717, 1.165) is 35.7 Å². The van der Waals surface area contributed by atoms with Gasteiger partial charge in [0.2, 0.25) is 0 Å². The number of hydrogen-bond acceptors (Lipinski definition) is 7. The van der Waals surface area contributed by atoms with Crippen LogP contribution >= 0.6 is 22.6 Å². The molecule has 232 valence electrons. The smallest absolute Gasteiger partial charge is 0.338 e. The van der Waals surface area contributed by atoms with E-state index < -0.39 is 5.97 Å². The number of benzene rings is 2.